The second-order valence-corrected chi connectivity index (χ2v) is 4.91. The van der Waals surface area contributed by atoms with E-state index < -0.39 is 5.41 Å². The molecule has 0 unspecified atom stereocenters. The summed E-state index contributed by atoms with van der Waals surface area (Å²) in [5.74, 6) is -0.367. The third kappa shape index (κ3) is 3.91. The molecule has 0 saturated carbocycles. The van der Waals surface area contributed by atoms with Crippen LogP contribution < -0.4 is 11.1 Å². The fourth-order valence-electron chi connectivity index (χ4n) is 2.30. The Hall–Kier alpha value is -1.17. The minimum atomic E-state index is -0.536. The highest BCUT2D eigenvalue weighted by Crippen LogP contribution is 2.29. The number of nitrogens with one attached hydrogen (secondary N) is 1. The summed E-state index contributed by atoms with van der Waals surface area (Å²) in [5.41, 5.74) is 5.96. The van der Waals surface area contributed by atoms with Crippen molar-refractivity contribution in [1.82, 2.24) is 5.32 Å². The van der Waals surface area contributed by atoms with Gasteiger partial charge in [0.1, 0.15) is 5.82 Å². The standard InChI is InChI=1S/C14H19FN2O2.ClH/c15-12-3-1-2-11(8-12)9-17-13(18)14(10-16)4-6-19-7-5-14;/h1-3,8H,4-7,9-10,16H2,(H,17,18);1H. The average Bonchev–Trinajstić information content (AvgIpc) is 2.45. The van der Waals surface area contributed by atoms with Crippen LogP contribution in [0.3, 0.4) is 0 Å². The maximum atomic E-state index is 13.0. The zero-order chi connectivity index (χ0) is 13.7. The van der Waals surface area contributed by atoms with Gasteiger partial charge in [-0.3, -0.25) is 4.79 Å². The monoisotopic (exact) mass is 302 g/mol. The molecule has 1 aromatic carbocycles. The van der Waals surface area contributed by atoms with Crippen LogP contribution in [0.4, 0.5) is 4.39 Å². The highest BCUT2D eigenvalue weighted by molar-refractivity contribution is 5.85. The lowest BCUT2D eigenvalue weighted by Gasteiger charge is -2.34. The van der Waals surface area contributed by atoms with Crippen molar-refractivity contribution in [1.29, 1.82) is 0 Å². The average molecular weight is 303 g/mol. The van der Waals surface area contributed by atoms with Gasteiger partial charge < -0.3 is 15.8 Å². The summed E-state index contributed by atoms with van der Waals surface area (Å²) in [6.07, 6.45) is 1.27. The number of carbonyl (C=O) groups excluding carboxylic acids is 1. The van der Waals surface area contributed by atoms with Crippen LogP contribution in [0.2, 0.25) is 0 Å². The first kappa shape index (κ1) is 16.9. The van der Waals surface area contributed by atoms with Crippen LogP contribution in [0.5, 0.6) is 0 Å². The summed E-state index contributed by atoms with van der Waals surface area (Å²) in [6.45, 7) is 1.75. The highest BCUT2D eigenvalue weighted by Gasteiger charge is 2.38. The molecule has 2 rings (SSSR count). The molecule has 1 fully saturated rings. The van der Waals surface area contributed by atoms with Gasteiger partial charge in [-0.1, -0.05) is 12.1 Å². The topological polar surface area (TPSA) is 64.4 Å². The summed E-state index contributed by atoms with van der Waals surface area (Å²) < 4.78 is 18.3. The van der Waals surface area contributed by atoms with E-state index in [1.165, 1.54) is 12.1 Å². The number of ether oxygens (including phenoxy) is 1. The normalized spacial score (nSPS) is 17.1. The largest absolute Gasteiger partial charge is 0.381 e. The van der Waals surface area contributed by atoms with Crippen LogP contribution in [0.15, 0.2) is 24.3 Å². The molecule has 1 amide bonds. The van der Waals surface area contributed by atoms with Crippen LogP contribution in [0, 0.1) is 11.2 Å². The van der Waals surface area contributed by atoms with E-state index in [4.69, 9.17) is 10.5 Å². The van der Waals surface area contributed by atoms with Crippen molar-refractivity contribution in [3.05, 3.63) is 35.6 Å². The first-order valence-electron chi connectivity index (χ1n) is 6.47. The third-order valence-corrected chi connectivity index (χ3v) is 3.66. The maximum Gasteiger partial charge on any atom is 0.227 e. The van der Waals surface area contributed by atoms with Crippen LogP contribution in [-0.2, 0) is 16.1 Å². The number of carbonyl (C=O) groups is 1. The van der Waals surface area contributed by atoms with Gasteiger partial charge in [-0.15, -0.1) is 12.4 Å². The van der Waals surface area contributed by atoms with E-state index in [0.29, 0.717) is 39.1 Å². The summed E-state index contributed by atoms with van der Waals surface area (Å²) in [4.78, 5) is 12.3. The third-order valence-electron chi connectivity index (χ3n) is 3.66. The Balaban J connectivity index is 0.00000200. The first-order chi connectivity index (χ1) is 9.16. The van der Waals surface area contributed by atoms with Crippen molar-refractivity contribution in [2.24, 2.45) is 11.1 Å². The molecule has 0 aliphatic carbocycles. The lowest BCUT2D eigenvalue weighted by molar-refractivity contribution is -0.136. The number of rotatable bonds is 4. The molecule has 1 aromatic rings. The Morgan fingerprint density at radius 3 is 2.70 bits per heavy atom. The van der Waals surface area contributed by atoms with Crippen molar-refractivity contribution >= 4 is 18.3 Å². The molecular formula is C14H20ClFN2O2. The summed E-state index contributed by atoms with van der Waals surface area (Å²) in [7, 11) is 0. The van der Waals surface area contributed by atoms with Gasteiger partial charge in [0.25, 0.3) is 0 Å². The molecular weight excluding hydrogens is 283 g/mol. The van der Waals surface area contributed by atoms with Gasteiger partial charge in [0.15, 0.2) is 0 Å². The van der Waals surface area contributed by atoms with Crippen molar-refractivity contribution in [2.75, 3.05) is 19.8 Å². The van der Waals surface area contributed by atoms with Gasteiger partial charge in [-0.05, 0) is 30.5 Å². The molecule has 0 radical (unpaired) electrons. The quantitative estimate of drug-likeness (QED) is 0.888. The number of amides is 1. The second-order valence-electron chi connectivity index (χ2n) is 4.91. The van der Waals surface area contributed by atoms with Gasteiger partial charge in [0.2, 0.25) is 5.91 Å². The molecule has 0 aromatic heterocycles. The van der Waals surface area contributed by atoms with Crippen LogP contribution >= 0.6 is 12.4 Å². The second kappa shape index (κ2) is 7.57. The van der Waals surface area contributed by atoms with E-state index >= 15 is 0 Å². The van der Waals surface area contributed by atoms with Gasteiger partial charge >= 0.3 is 0 Å². The lowest BCUT2D eigenvalue weighted by Crippen LogP contribution is -2.48. The molecule has 112 valence electrons. The molecule has 1 aliphatic rings. The Bertz CT molecular complexity index is 451. The lowest BCUT2D eigenvalue weighted by atomic mass is 9.79. The number of halogens is 2. The van der Waals surface area contributed by atoms with E-state index in [1.54, 1.807) is 12.1 Å². The van der Waals surface area contributed by atoms with E-state index in [-0.39, 0.29) is 24.1 Å². The van der Waals surface area contributed by atoms with Crippen molar-refractivity contribution < 1.29 is 13.9 Å². The van der Waals surface area contributed by atoms with Crippen molar-refractivity contribution in [3.8, 4) is 0 Å². The molecule has 3 N–H and O–H groups in total. The van der Waals surface area contributed by atoms with Crippen LogP contribution in [-0.4, -0.2) is 25.7 Å². The van der Waals surface area contributed by atoms with Gasteiger partial charge in [0, 0.05) is 26.3 Å². The Morgan fingerprint density at radius 2 is 2.10 bits per heavy atom. The molecule has 0 bridgehead atoms. The van der Waals surface area contributed by atoms with Gasteiger partial charge in [-0.25, -0.2) is 4.39 Å². The molecule has 4 nitrogen and oxygen atoms in total. The molecule has 1 aliphatic heterocycles. The molecule has 0 spiro atoms. The van der Waals surface area contributed by atoms with Crippen molar-refractivity contribution in [3.63, 3.8) is 0 Å². The molecule has 0 atom stereocenters. The minimum absolute atomic E-state index is 0. The number of hydrogen-bond acceptors (Lipinski definition) is 3. The number of nitrogens with two attached hydrogens (primary N) is 1. The van der Waals surface area contributed by atoms with Crippen LogP contribution in [0.1, 0.15) is 18.4 Å². The first-order valence-corrected chi connectivity index (χ1v) is 6.47. The maximum absolute atomic E-state index is 13.0. The minimum Gasteiger partial charge on any atom is -0.381 e. The molecule has 1 saturated heterocycles. The van der Waals surface area contributed by atoms with Gasteiger partial charge in [0.05, 0.1) is 5.41 Å². The SMILES string of the molecule is Cl.NCC1(C(=O)NCc2cccc(F)c2)CCOCC1. The summed E-state index contributed by atoms with van der Waals surface area (Å²) in [5, 5.41) is 2.85. The van der Waals surface area contributed by atoms with E-state index in [2.05, 4.69) is 5.32 Å². The van der Waals surface area contributed by atoms with E-state index in [1.807, 2.05) is 0 Å². The van der Waals surface area contributed by atoms with E-state index in [9.17, 15) is 9.18 Å². The van der Waals surface area contributed by atoms with Crippen LogP contribution in [0.25, 0.3) is 0 Å². The Morgan fingerprint density at radius 1 is 1.40 bits per heavy atom. The zero-order valence-corrected chi connectivity index (χ0v) is 12.0. The van der Waals surface area contributed by atoms with Crippen molar-refractivity contribution in [2.45, 2.75) is 19.4 Å². The molecule has 20 heavy (non-hydrogen) atoms. The summed E-state index contributed by atoms with van der Waals surface area (Å²) >= 11 is 0. The van der Waals surface area contributed by atoms with Gasteiger partial charge in [-0.2, -0.15) is 0 Å². The zero-order valence-electron chi connectivity index (χ0n) is 11.2. The summed E-state index contributed by atoms with van der Waals surface area (Å²) in [6, 6.07) is 6.21. The van der Waals surface area contributed by atoms with E-state index in [0.717, 1.165) is 5.56 Å². The smallest absolute Gasteiger partial charge is 0.227 e. The predicted octanol–water partition coefficient (Wildman–Crippen LogP) is 1.62. The fraction of sp³-hybridized carbons (Fsp3) is 0.500. The molecule has 6 heteroatoms. The molecule has 1 heterocycles. The number of hydrogen-bond donors (Lipinski definition) is 2. The fourth-order valence-corrected chi connectivity index (χ4v) is 2.30. The predicted molar refractivity (Wildman–Crippen MR) is 77.0 cm³/mol. The highest BCUT2D eigenvalue weighted by atomic mass is 35.5. The number of benzene rings is 1. The Labute approximate surface area is 124 Å². The Kier molecular flexibility index (Phi) is 6.39.